The Kier molecular flexibility index (Phi) is 10.2. The van der Waals surface area contributed by atoms with Crippen molar-refractivity contribution in [3.8, 4) is 0 Å². The number of halogens is 3. The van der Waals surface area contributed by atoms with Crippen molar-refractivity contribution in [1.82, 2.24) is 15.3 Å². The maximum absolute atomic E-state index is 13.3. The number of aromatic amines is 1. The van der Waals surface area contributed by atoms with Crippen LogP contribution in [0.5, 0.6) is 0 Å². The molecule has 0 atom stereocenters. The minimum atomic E-state index is -0.934. The first-order valence-corrected chi connectivity index (χ1v) is 9.01. The zero-order valence-electron chi connectivity index (χ0n) is 16.7. The highest BCUT2D eigenvalue weighted by Crippen LogP contribution is 2.10. The van der Waals surface area contributed by atoms with E-state index < -0.39 is 17.2 Å². The van der Waals surface area contributed by atoms with Crippen molar-refractivity contribution in [2.24, 2.45) is 16.6 Å². The average Bonchev–Trinajstić information content (AvgIpc) is 2.67. The molecule has 0 spiro atoms. The average molecular weight is 460 g/mol. The summed E-state index contributed by atoms with van der Waals surface area (Å²) in [5, 5.41) is 8.77. The summed E-state index contributed by atoms with van der Waals surface area (Å²) in [5.74, 6) is -2.38. The second-order valence-corrected chi connectivity index (χ2v) is 6.29. The van der Waals surface area contributed by atoms with Gasteiger partial charge in [-0.25, -0.2) is 13.8 Å². The number of hydrogen-bond donors (Lipinski definition) is 5. The standard InChI is InChI=1S/C18H23F2N7O3.ClH/c1-10-14(9-15(28)23-6-7-30-27-18(21)22)26-16(17(29)25-10)24-5-4-11-2-3-12(19)13(20)8-11;/h2-3,8H,4-7,9H2,1H3,(H,23,28)(H,24,26)(H,25,29)(H4,21,22,27);1H. The smallest absolute Gasteiger partial charge is 0.290 e. The van der Waals surface area contributed by atoms with E-state index in [9.17, 15) is 18.4 Å². The normalized spacial score (nSPS) is 10.0. The number of carbonyl (C=O) groups excluding carboxylic acids is 1. The molecular formula is C18H24ClF2N7O3. The summed E-state index contributed by atoms with van der Waals surface area (Å²) in [4.78, 5) is 35.7. The van der Waals surface area contributed by atoms with E-state index in [1.165, 1.54) is 6.07 Å². The molecule has 10 nitrogen and oxygen atoms in total. The van der Waals surface area contributed by atoms with Gasteiger partial charge in [-0.1, -0.05) is 6.07 Å². The number of hydrogen-bond acceptors (Lipinski definition) is 6. The Morgan fingerprint density at radius 1 is 1.26 bits per heavy atom. The number of guanidine groups is 1. The molecule has 1 heterocycles. The molecule has 0 saturated heterocycles. The monoisotopic (exact) mass is 459 g/mol. The second kappa shape index (κ2) is 12.3. The van der Waals surface area contributed by atoms with Crippen molar-refractivity contribution in [2.45, 2.75) is 19.8 Å². The van der Waals surface area contributed by atoms with Crippen molar-refractivity contribution in [2.75, 3.05) is 25.0 Å². The fourth-order valence-corrected chi connectivity index (χ4v) is 2.45. The number of nitrogens with zero attached hydrogens (tertiary/aromatic N) is 2. The quantitative estimate of drug-likeness (QED) is 0.148. The van der Waals surface area contributed by atoms with Crippen molar-refractivity contribution < 1.29 is 18.4 Å². The Balaban J connectivity index is 0.00000480. The molecule has 31 heavy (non-hydrogen) atoms. The summed E-state index contributed by atoms with van der Waals surface area (Å²) >= 11 is 0. The molecule has 7 N–H and O–H groups in total. The van der Waals surface area contributed by atoms with Crippen LogP contribution in [0.25, 0.3) is 0 Å². The van der Waals surface area contributed by atoms with E-state index in [2.05, 4.69) is 25.8 Å². The van der Waals surface area contributed by atoms with E-state index in [0.717, 1.165) is 12.1 Å². The highest BCUT2D eigenvalue weighted by atomic mass is 35.5. The van der Waals surface area contributed by atoms with Gasteiger partial charge in [0.15, 0.2) is 17.5 Å². The number of rotatable bonds is 10. The third-order valence-corrected chi connectivity index (χ3v) is 3.90. The predicted molar refractivity (Wildman–Crippen MR) is 114 cm³/mol. The fourth-order valence-electron chi connectivity index (χ4n) is 2.45. The number of nitrogens with one attached hydrogen (secondary N) is 3. The molecule has 1 amide bonds. The van der Waals surface area contributed by atoms with E-state index in [0.29, 0.717) is 23.4 Å². The van der Waals surface area contributed by atoms with Gasteiger partial charge in [0.1, 0.15) is 6.61 Å². The molecule has 1 aromatic carbocycles. The zero-order valence-corrected chi connectivity index (χ0v) is 17.5. The number of nitrogens with two attached hydrogens (primary N) is 2. The van der Waals surface area contributed by atoms with Crippen LogP contribution in [0.1, 0.15) is 17.0 Å². The molecule has 0 aliphatic heterocycles. The number of oxime groups is 1. The summed E-state index contributed by atoms with van der Waals surface area (Å²) < 4.78 is 26.2. The first-order chi connectivity index (χ1) is 14.3. The van der Waals surface area contributed by atoms with Crippen LogP contribution in [-0.4, -0.2) is 41.5 Å². The minimum Gasteiger partial charge on any atom is -0.391 e. The second-order valence-electron chi connectivity index (χ2n) is 6.29. The van der Waals surface area contributed by atoms with E-state index in [4.69, 9.17) is 16.3 Å². The molecule has 0 aliphatic carbocycles. The Hall–Kier alpha value is -3.41. The summed E-state index contributed by atoms with van der Waals surface area (Å²) in [6.45, 7) is 2.15. The van der Waals surface area contributed by atoms with Gasteiger partial charge in [0, 0.05) is 12.2 Å². The van der Waals surface area contributed by atoms with Gasteiger partial charge in [-0.3, -0.25) is 9.59 Å². The number of H-pyrrole nitrogens is 1. The number of anilines is 1. The third-order valence-electron chi connectivity index (χ3n) is 3.90. The number of aromatic nitrogens is 2. The van der Waals surface area contributed by atoms with Crippen LogP contribution in [-0.2, 0) is 22.5 Å². The Labute approximate surface area is 182 Å². The lowest BCUT2D eigenvalue weighted by Crippen LogP contribution is -2.30. The molecule has 170 valence electrons. The van der Waals surface area contributed by atoms with Crippen LogP contribution in [0.2, 0.25) is 0 Å². The first kappa shape index (κ1) is 25.6. The van der Waals surface area contributed by atoms with Crippen LogP contribution in [0, 0.1) is 18.6 Å². The molecule has 0 bridgehead atoms. The van der Waals surface area contributed by atoms with Gasteiger partial charge < -0.3 is 31.9 Å². The molecule has 2 aromatic rings. The minimum absolute atomic E-state index is 0. The highest BCUT2D eigenvalue weighted by molar-refractivity contribution is 5.85. The molecule has 0 saturated carbocycles. The topological polar surface area (TPSA) is 161 Å². The lowest BCUT2D eigenvalue weighted by atomic mass is 10.1. The van der Waals surface area contributed by atoms with Gasteiger partial charge in [-0.15, -0.1) is 12.4 Å². The Morgan fingerprint density at radius 2 is 2.00 bits per heavy atom. The number of benzene rings is 1. The van der Waals surface area contributed by atoms with E-state index in [-0.39, 0.29) is 56.2 Å². The summed E-state index contributed by atoms with van der Waals surface area (Å²) in [6, 6.07) is 3.59. The molecule has 0 fully saturated rings. The molecule has 2 rings (SSSR count). The fraction of sp³-hybridized carbons (Fsp3) is 0.333. The van der Waals surface area contributed by atoms with Gasteiger partial charge in [0.25, 0.3) is 5.56 Å². The number of amides is 1. The maximum atomic E-state index is 13.3. The number of carbonyl (C=O) groups is 1. The van der Waals surface area contributed by atoms with Crippen molar-refractivity contribution >= 4 is 30.1 Å². The Morgan fingerprint density at radius 3 is 2.68 bits per heavy atom. The predicted octanol–water partition coefficient (Wildman–Crippen LogP) is 0.297. The van der Waals surface area contributed by atoms with Crippen LogP contribution in [0.4, 0.5) is 14.6 Å². The van der Waals surface area contributed by atoms with E-state index in [1.54, 1.807) is 6.92 Å². The van der Waals surface area contributed by atoms with Crippen molar-refractivity contribution in [3.63, 3.8) is 0 Å². The molecule has 13 heteroatoms. The molecule has 0 unspecified atom stereocenters. The van der Waals surface area contributed by atoms with Gasteiger partial charge >= 0.3 is 0 Å². The molecule has 0 radical (unpaired) electrons. The van der Waals surface area contributed by atoms with Crippen LogP contribution >= 0.6 is 12.4 Å². The summed E-state index contributed by atoms with van der Waals surface area (Å²) in [6.07, 6.45) is 0.278. The maximum Gasteiger partial charge on any atom is 0.290 e. The lowest BCUT2D eigenvalue weighted by Gasteiger charge is -2.10. The molecule has 1 aromatic heterocycles. The van der Waals surface area contributed by atoms with Gasteiger partial charge in [0.05, 0.1) is 18.7 Å². The zero-order chi connectivity index (χ0) is 22.1. The highest BCUT2D eigenvalue weighted by Gasteiger charge is 2.12. The molecule has 0 aliphatic rings. The largest absolute Gasteiger partial charge is 0.391 e. The van der Waals surface area contributed by atoms with E-state index in [1.807, 2.05) is 0 Å². The summed E-state index contributed by atoms with van der Waals surface area (Å²) in [7, 11) is 0. The van der Waals surface area contributed by atoms with Crippen molar-refractivity contribution in [3.05, 3.63) is 57.1 Å². The van der Waals surface area contributed by atoms with Gasteiger partial charge in [-0.2, -0.15) is 0 Å². The SMILES string of the molecule is Cc1[nH]c(=O)c(NCCc2ccc(F)c(F)c2)nc1CC(=O)NCCON=C(N)N.Cl. The van der Waals surface area contributed by atoms with Crippen molar-refractivity contribution in [1.29, 1.82) is 0 Å². The Bertz CT molecular complexity index is 981. The summed E-state index contributed by atoms with van der Waals surface area (Å²) in [5.41, 5.74) is 11.2. The number of aryl methyl sites for hydroxylation is 1. The third kappa shape index (κ3) is 8.46. The lowest BCUT2D eigenvalue weighted by molar-refractivity contribution is -0.120. The van der Waals surface area contributed by atoms with Gasteiger partial charge in [-0.05, 0) is 36.2 Å². The molecular weight excluding hydrogens is 436 g/mol. The van der Waals surface area contributed by atoms with Crippen LogP contribution in [0.3, 0.4) is 0 Å². The van der Waals surface area contributed by atoms with Crippen LogP contribution < -0.4 is 27.7 Å². The van der Waals surface area contributed by atoms with E-state index >= 15 is 0 Å². The van der Waals surface area contributed by atoms with Gasteiger partial charge in [0.2, 0.25) is 11.9 Å². The first-order valence-electron chi connectivity index (χ1n) is 9.01. The van der Waals surface area contributed by atoms with Crippen LogP contribution in [0.15, 0.2) is 28.1 Å².